The highest BCUT2D eigenvalue weighted by molar-refractivity contribution is 8.00. The lowest BCUT2D eigenvalue weighted by atomic mass is 10.2. The second-order valence-corrected chi connectivity index (χ2v) is 13.8. The summed E-state index contributed by atoms with van der Waals surface area (Å²) in [6, 6.07) is 23.0. The molecule has 27 heavy (non-hydrogen) atoms. The molecule has 2 aromatic carbocycles. The molecular formula is C23H29NOSSi. The van der Waals surface area contributed by atoms with Gasteiger partial charge < -0.3 is 4.43 Å². The first-order chi connectivity index (χ1) is 13.0. The Morgan fingerprint density at radius 2 is 1.56 bits per heavy atom. The van der Waals surface area contributed by atoms with Gasteiger partial charge in [-0.1, -0.05) is 87.5 Å². The molecule has 0 amide bonds. The molecule has 1 unspecified atom stereocenters. The lowest BCUT2D eigenvalue weighted by Gasteiger charge is -2.44. The van der Waals surface area contributed by atoms with Gasteiger partial charge in [0.15, 0.2) is 0 Å². The maximum absolute atomic E-state index is 7.11. The van der Waals surface area contributed by atoms with Gasteiger partial charge in [-0.05, 0) is 45.6 Å². The van der Waals surface area contributed by atoms with Crippen LogP contribution in [0.1, 0.15) is 33.6 Å². The fourth-order valence-electron chi connectivity index (χ4n) is 4.57. The van der Waals surface area contributed by atoms with E-state index in [0.29, 0.717) is 12.1 Å². The van der Waals surface area contributed by atoms with Crippen molar-refractivity contribution in [2.24, 2.45) is 0 Å². The first-order valence-electron chi connectivity index (χ1n) is 9.89. The molecule has 0 N–H and O–H groups in total. The molecule has 2 atom stereocenters. The van der Waals surface area contributed by atoms with Crippen molar-refractivity contribution in [1.29, 1.82) is 0 Å². The molecule has 1 fully saturated rings. The maximum atomic E-state index is 7.11. The SMILES string of the molecule is CC(C)(C)[Si](OC[C@@H]1CCC2C=CSN21)(c1ccccc1)c1ccccc1. The third kappa shape index (κ3) is 3.44. The minimum Gasteiger partial charge on any atom is -0.406 e. The van der Waals surface area contributed by atoms with Crippen molar-refractivity contribution < 1.29 is 4.43 Å². The minimum absolute atomic E-state index is 0.0457. The van der Waals surface area contributed by atoms with E-state index in [1.165, 1.54) is 23.2 Å². The molecule has 2 heterocycles. The number of rotatable bonds is 5. The zero-order chi connectivity index (χ0) is 18.9. The summed E-state index contributed by atoms with van der Waals surface area (Å²) in [5.74, 6) is 0. The summed E-state index contributed by atoms with van der Waals surface area (Å²) < 4.78 is 9.65. The summed E-state index contributed by atoms with van der Waals surface area (Å²) in [7, 11) is -2.42. The first-order valence-corrected chi connectivity index (χ1v) is 12.6. The van der Waals surface area contributed by atoms with E-state index >= 15 is 0 Å². The smallest absolute Gasteiger partial charge is 0.261 e. The van der Waals surface area contributed by atoms with Gasteiger partial charge in [-0.3, -0.25) is 0 Å². The van der Waals surface area contributed by atoms with Gasteiger partial charge in [-0.2, -0.15) is 0 Å². The van der Waals surface area contributed by atoms with Crippen LogP contribution in [0.2, 0.25) is 5.04 Å². The predicted molar refractivity (Wildman–Crippen MR) is 119 cm³/mol. The van der Waals surface area contributed by atoms with Gasteiger partial charge in [-0.25, -0.2) is 4.31 Å². The molecule has 4 heteroatoms. The van der Waals surface area contributed by atoms with Crippen molar-refractivity contribution in [3.8, 4) is 0 Å². The largest absolute Gasteiger partial charge is 0.406 e. The Kier molecular flexibility index (Phi) is 5.34. The molecular weight excluding hydrogens is 366 g/mol. The number of fused-ring (bicyclic) bond motifs is 1. The van der Waals surface area contributed by atoms with E-state index in [2.05, 4.69) is 97.2 Å². The van der Waals surface area contributed by atoms with Gasteiger partial charge in [0, 0.05) is 12.1 Å². The summed E-state index contributed by atoms with van der Waals surface area (Å²) in [5.41, 5.74) is 0. The maximum Gasteiger partial charge on any atom is 0.261 e. The van der Waals surface area contributed by atoms with Crippen LogP contribution in [0.25, 0.3) is 0 Å². The van der Waals surface area contributed by atoms with Crippen molar-refractivity contribution in [3.05, 3.63) is 72.1 Å². The molecule has 0 spiro atoms. The zero-order valence-corrected chi connectivity index (χ0v) is 18.3. The third-order valence-corrected chi connectivity index (χ3v) is 12.0. The van der Waals surface area contributed by atoms with E-state index in [1.807, 2.05) is 11.9 Å². The average molecular weight is 396 g/mol. The Morgan fingerprint density at radius 1 is 0.963 bits per heavy atom. The van der Waals surface area contributed by atoms with Crippen LogP contribution in [-0.2, 0) is 4.43 Å². The summed E-state index contributed by atoms with van der Waals surface area (Å²) in [6.07, 6.45) is 4.81. The summed E-state index contributed by atoms with van der Waals surface area (Å²) in [6.45, 7) is 7.85. The van der Waals surface area contributed by atoms with Crippen LogP contribution in [0.4, 0.5) is 0 Å². The second-order valence-electron chi connectivity index (χ2n) is 8.57. The Bertz CT molecular complexity index is 748. The Hall–Kier alpha value is -1.33. The molecule has 0 aromatic heterocycles. The minimum atomic E-state index is -2.42. The van der Waals surface area contributed by atoms with Crippen LogP contribution < -0.4 is 10.4 Å². The molecule has 4 rings (SSSR count). The lowest BCUT2D eigenvalue weighted by molar-refractivity contribution is 0.223. The van der Waals surface area contributed by atoms with Crippen molar-refractivity contribution in [2.75, 3.05) is 6.61 Å². The Balaban J connectivity index is 1.71. The monoisotopic (exact) mass is 395 g/mol. The number of hydrogen-bond donors (Lipinski definition) is 0. The average Bonchev–Trinajstić information content (AvgIpc) is 3.27. The predicted octanol–water partition coefficient (Wildman–Crippen LogP) is 4.57. The molecule has 2 aliphatic rings. The van der Waals surface area contributed by atoms with Crippen LogP contribution in [0, 0.1) is 0 Å². The van der Waals surface area contributed by atoms with Crippen molar-refractivity contribution in [3.63, 3.8) is 0 Å². The van der Waals surface area contributed by atoms with Gasteiger partial charge in [0.1, 0.15) is 0 Å². The molecule has 2 aliphatic heterocycles. The van der Waals surface area contributed by atoms with Crippen LogP contribution in [-0.4, -0.2) is 31.3 Å². The molecule has 0 saturated carbocycles. The van der Waals surface area contributed by atoms with Gasteiger partial charge in [0.2, 0.25) is 0 Å². The Labute approximate surface area is 168 Å². The van der Waals surface area contributed by atoms with Gasteiger partial charge >= 0.3 is 0 Å². The van der Waals surface area contributed by atoms with Gasteiger partial charge in [-0.15, -0.1) is 0 Å². The first kappa shape index (κ1) is 19.0. The number of hydrogen-bond acceptors (Lipinski definition) is 3. The molecule has 2 nitrogen and oxygen atoms in total. The van der Waals surface area contributed by atoms with Gasteiger partial charge in [0.25, 0.3) is 8.32 Å². The zero-order valence-electron chi connectivity index (χ0n) is 16.5. The fourth-order valence-corrected chi connectivity index (χ4v) is 10.2. The van der Waals surface area contributed by atoms with Crippen LogP contribution in [0.15, 0.2) is 72.1 Å². The lowest BCUT2D eigenvalue weighted by Crippen LogP contribution is -2.67. The molecule has 0 radical (unpaired) electrons. The van der Waals surface area contributed by atoms with E-state index in [1.54, 1.807) is 0 Å². The molecule has 2 aromatic rings. The molecule has 1 saturated heterocycles. The van der Waals surface area contributed by atoms with E-state index in [-0.39, 0.29) is 5.04 Å². The summed E-state index contributed by atoms with van der Waals surface area (Å²) in [4.78, 5) is 0. The summed E-state index contributed by atoms with van der Waals surface area (Å²) in [5, 5.41) is 5.01. The number of benzene rings is 2. The summed E-state index contributed by atoms with van der Waals surface area (Å²) >= 11 is 1.86. The van der Waals surface area contributed by atoms with Crippen molar-refractivity contribution in [1.82, 2.24) is 4.31 Å². The molecule has 0 aliphatic carbocycles. The third-order valence-electron chi connectivity index (χ3n) is 5.87. The normalized spacial score (nSPS) is 22.9. The number of nitrogens with zero attached hydrogens (tertiary/aromatic N) is 1. The van der Waals surface area contributed by atoms with Crippen LogP contribution in [0.5, 0.6) is 0 Å². The van der Waals surface area contributed by atoms with Crippen LogP contribution >= 0.6 is 11.9 Å². The van der Waals surface area contributed by atoms with E-state index < -0.39 is 8.32 Å². The van der Waals surface area contributed by atoms with E-state index in [4.69, 9.17) is 4.43 Å². The van der Waals surface area contributed by atoms with Gasteiger partial charge in [0.05, 0.1) is 6.61 Å². The highest BCUT2D eigenvalue weighted by atomic mass is 32.2. The van der Waals surface area contributed by atoms with Crippen molar-refractivity contribution >= 4 is 30.6 Å². The Morgan fingerprint density at radius 3 is 2.11 bits per heavy atom. The molecule has 0 bridgehead atoms. The van der Waals surface area contributed by atoms with E-state index in [9.17, 15) is 0 Å². The topological polar surface area (TPSA) is 12.5 Å². The van der Waals surface area contributed by atoms with E-state index in [0.717, 1.165) is 6.61 Å². The standard InChI is InChI=1S/C23H29NOSSi/c1-23(2,3)27(21-10-6-4-7-11-21,22-12-8-5-9-13-22)25-18-20-15-14-19-16-17-26-24(19)20/h4-13,16-17,19-20H,14-15,18H2,1-3H3/t19?,20-/m0/s1. The highest BCUT2D eigenvalue weighted by Crippen LogP contribution is 2.40. The quantitative estimate of drug-likeness (QED) is 0.543. The highest BCUT2D eigenvalue weighted by Gasteiger charge is 2.51. The fraction of sp³-hybridized carbons (Fsp3) is 0.391. The van der Waals surface area contributed by atoms with Crippen LogP contribution in [0.3, 0.4) is 0 Å². The molecule has 142 valence electrons. The van der Waals surface area contributed by atoms with Crippen molar-refractivity contribution in [2.45, 2.75) is 50.7 Å². The second kappa shape index (κ2) is 7.59.